The number of nitrogens with zero attached hydrogens (tertiary/aromatic N) is 2. The van der Waals surface area contributed by atoms with Gasteiger partial charge in [0.15, 0.2) is 5.56 Å². The number of hydrogen-bond donors (Lipinski definition) is 3. The van der Waals surface area contributed by atoms with Gasteiger partial charge in [0.2, 0.25) is 5.88 Å². The molecule has 0 saturated heterocycles. The monoisotopic (exact) mass is 447 g/mol. The summed E-state index contributed by atoms with van der Waals surface area (Å²) >= 11 is 12.5. The second-order valence-electron chi connectivity index (χ2n) is 6.18. The second kappa shape index (κ2) is 8.98. The number of benzene rings is 2. The summed E-state index contributed by atoms with van der Waals surface area (Å²) in [4.78, 5) is 40.2. The van der Waals surface area contributed by atoms with E-state index in [1.807, 2.05) is 5.32 Å². The summed E-state index contributed by atoms with van der Waals surface area (Å²) in [6.45, 7) is -0.725. The minimum Gasteiger partial charge on any atom is -0.493 e. The van der Waals surface area contributed by atoms with Gasteiger partial charge >= 0.3 is 5.97 Å². The number of aromatic hydroxyl groups is 1. The summed E-state index contributed by atoms with van der Waals surface area (Å²) in [6.07, 6.45) is 0. The van der Waals surface area contributed by atoms with Gasteiger partial charge in [-0.05, 0) is 17.7 Å². The Hall–Kier alpha value is -3.36. The van der Waals surface area contributed by atoms with E-state index in [0.29, 0.717) is 5.56 Å². The first-order chi connectivity index (χ1) is 14.3. The zero-order valence-electron chi connectivity index (χ0n) is 15.3. The van der Waals surface area contributed by atoms with Crippen LogP contribution in [0.4, 0.5) is 0 Å². The fourth-order valence-corrected chi connectivity index (χ4v) is 3.37. The molecule has 1 aromatic heterocycles. The number of carboxylic acid groups (broad SMARTS) is 1. The second-order valence-corrected chi connectivity index (χ2v) is 7.00. The van der Waals surface area contributed by atoms with Gasteiger partial charge in [-0.3, -0.25) is 19.0 Å². The van der Waals surface area contributed by atoms with Gasteiger partial charge in [0.05, 0.1) is 22.2 Å². The van der Waals surface area contributed by atoms with Gasteiger partial charge in [0.1, 0.15) is 12.4 Å². The predicted molar refractivity (Wildman–Crippen MR) is 111 cm³/mol. The molecule has 0 bridgehead atoms. The standard InChI is InChI=1S/C20H15Cl2N3O5/c21-12-7-4-8-13(22)15(12)17-24-19(29)16(18(28)23-9-14(26)27)20(30)25(17)10-11-5-2-1-3-6-11/h1-8,29H,9-10H2,(H,23,28)(H,26,27). The zero-order chi connectivity index (χ0) is 21.8. The van der Waals surface area contributed by atoms with Gasteiger partial charge in [-0.25, -0.2) is 0 Å². The Bertz CT molecular complexity index is 1160. The molecule has 0 saturated carbocycles. The van der Waals surface area contributed by atoms with Crippen LogP contribution in [-0.2, 0) is 11.3 Å². The first kappa shape index (κ1) is 21.4. The summed E-state index contributed by atoms with van der Waals surface area (Å²) < 4.78 is 1.15. The first-order valence-electron chi connectivity index (χ1n) is 8.61. The van der Waals surface area contributed by atoms with Crippen LogP contribution in [0.2, 0.25) is 10.0 Å². The molecule has 0 aliphatic carbocycles. The van der Waals surface area contributed by atoms with Gasteiger partial charge < -0.3 is 15.5 Å². The van der Waals surface area contributed by atoms with Gasteiger partial charge in [0.25, 0.3) is 11.5 Å². The summed E-state index contributed by atoms with van der Waals surface area (Å²) in [5, 5.41) is 21.5. The number of hydrogen-bond acceptors (Lipinski definition) is 5. The molecule has 0 aliphatic heterocycles. The van der Waals surface area contributed by atoms with Crippen LogP contribution in [0.5, 0.6) is 5.88 Å². The normalized spacial score (nSPS) is 10.6. The molecule has 0 unspecified atom stereocenters. The molecule has 3 rings (SSSR count). The molecular formula is C20H15Cl2N3O5. The average Bonchev–Trinajstić information content (AvgIpc) is 2.69. The summed E-state index contributed by atoms with van der Waals surface area (Å²) in [5.74, 6) is -3.27. The number of nitrogens with one attached hydrogen (secondary N) is 1. The molecule has 2 aromatic carbocycles. The van der Waals surface area contributed by atoms with Crippen molar-refractivity contribution in [2.75, 3.05) is 6.54 Å². The van der Waals surface area contributed by atoms with Gasteiger partial charge in [-0.2, -0.15) is 4.98 Å². The third-order valence-corrected chi connectivity index (χ3v) is 4.78. The quantitative estimate of drug-likeness (QED) is 0.533. The number of aliphatic carboxylic acids is 1. The van der Waals surface area contributed by atoms with E-state index >= 15 is 0 Å². The molecule has 0 fully saturated rings. The largest absolute Gasteiger partial charge is 0.493 e. The molecule has 154 valence electrons. The van der Waals surface area contributed by atoms with Crippen molar-refractivity contribution < 1.29 is 19.8 Å². The van der Waals surface area contributed by atoms with Crippen LogP contribution in [0, 0.1) is 0 Å². The Labute approximate surface area is 180 Å². The Balaban J connectivity index is 2.23. The van der Waals surface area contributed by atoms with Crippen LogP contribution in [-0.4, -0.2) is 38.2 Å². The van der Waals surface area contributed by atoms with Crippen LogP contribution in [0.15, 0.2) is 53.3 Å². The van der Waals surface area contributed by atoms with E-state index in [-0.39, 0.29) is 28.0 Å². The van der Waals surface area contributed by atoms with Crippen molar-refractivity contribution in [3.05, 3.63) is 80.1 Å². The Morgan fingerprint density at radius 3 is 2.27 bits per heavy atom. The lowest BCUT2D eigenvalue weighted by molar-refractivity contribution is -0.135. The predicted octanol–water partition coefficient (Wildman–Crippen LogP) is 2.79. The van der Waals surface area contributed by atoms with E-state index in [1.165, 1.54) is 0 Å². The van der Waals surface area contributed by atoms with Crippen LogP contribution >= 0.6 is 23.2 Å². The highest BCUT2D eigenvalue weighted by Gasteiger charge is 2.25. The van der Waals surface area contributed by atoms with Gasteiger partial charge in [-0.1, -0.05) is 59.6 Å². The minimum absolute atomic E-state index is 0.00303. The third-order valence-electron chi connectivity index (χ3n) is 4.15. The van der Waals surface area contributed by atoms with Crippen molar-refractivity contribution in [1.29, 1.82) is 0 Å². The lowest BCUT2D eigenvalue weighted by atomic mass is 10.1. The fourth-order valence-electron chi connectivity index (χ4n) is 2.80. The smallest absolute Gasteiger partial charge is 0.322 e. The Kier molecular flexibility index (Phi) is 6.39. The number of carbonyl (C=O) groups is 2. The number of carboxylic acids is 1. The van der Waals surface area contributed by atoms with Crippen LogP contribution in [0.3, 0.4) is 0 Å². The topological polar surface area (TPSA) is 122 Å². The lowest BCUT2D eigenvalue weighted by Crippen LogP contribution is -2.37. The van der Waals surface area contributed by atoms with E-state index in [9.17, 15) is 19.5 Å². The van der Waals surface area contributed by atoms with Crippen molar-refractivity contribution in [2.24, 2.45) is 0 Å². The maximum atomic E-state index is 13.2. The SMILES string of the molecule is O=C(O)CNC(=O)c1c(O)nc(-c2c(Cl)cccc2Cl)n(Cc2ccccc2)c1=O. The summed E-state index contributed by atoms with van der Waals surface area (Å²) in [6, 6.07) is 13.6. The van der Waals surface area contributed by atoms with Crippen LogP contribution in [0.1, 0.15) is 15.9 Å². The van der Waals surface area contributed by atoms with Crippen LogP contribution in [0.25, 0.3) is 11.4 Å². The summed E-state index contributed by atoms with van der Waals surface area (Å²) in [5.41, 5.74) is -0.630. The van der Waals surface area contributed by atoms with Crippen molar-refractivity contribution in [3.8, 4) is 17.3 Å². The maximum absolute atomic E-state index is 13.2. The fraction of sp³-hybridized carbons (Fsp3) is 0.100. The number of halogens is 2. The number of carbonyl (C=O) groups excluding carboxylic acids is 1. The molecule has 0 aliphatic rings. The molecular weight excluding hydrogens is 433 g/mol. The minimum atomic E-state index is -1.31. The van der Waals surface area contributed by atoms with Crippen molar-refractivity contribution in [1.82, 2.24) is 14.9 Å². The van der Waals surface area contributed by atoms with Crippen molar-refractivity contribution in [3.63, 3.8) is 0 Å². The molecule has 1 amide bonds. The number of amides is 1. The number of aromatic nitrogens is 2. The Morgan fingerprint density at radius 2 is 1.67 bits per heavy atom. The molecule has 0 atom stereocenters. The first-order valence-corrected chi connectivity index (χ1v) is 9.37. The molecule has 30 heavy (non-hydrogen) atoms. The molecule has 0 radical (unpaired) electrons. The highest BCUT2D eigenvalue weighted by Crippen LogP contribution is 2.34. The lowest BCUT2D eigenvalue weighted by Gasteiger charge is -2.16. The Morgan fingerprint density at radius 1 is 1.03 bits per heavy atom. The summed E-state index contributed by atoms with van der Waals surface area (Å²) in [7, 11) is 0. The molecule has 10 heteroatoms. The van der Waals surface area contributed by atoms with E-state index in [2.05, 4.69) is 4.98 Å². The maximum Gasteiger partial charge on any atom is 0.322 e. The van der Waals surface area contributed by atoms with Crippen LogP contribution < -0.4 is 10.9 Å². The molecule has 3 aromatic rings. The zero-order valence-corrected chi connectivity index (χ0v) is 16.8. The highest BCUT2D eigenvalue weighted by atomic mass is 35.5. The van der Waals surface area contributed by atoms with Crippen molar-refractivity contribution in [2.45, 2.75) is 6.54 Å². The molecule has 1 heterocycles. The molecule has 8 nitrogen and oxygen atoms in total. The van der Waals surface area contributed by atoms with E-state index < -0.39 is 35.4 Å². The molecule has 3 N–H and O–H groups in total. The van der Waals surface area contributed by atoms with E-state index in [0.717, 1.165) is 4.57 Å². The van der Waals surface area contributed by atoms with E-state index in [1.54, 1.807) is 48.5 Å². The highest BCUT2D eigenvalue weighted by molar-refractivity contribution is 6.39. The average molecular weight is 448 g/mol. The van der Waals surface area contributed by atoms with Gasteiger partial charge in [0, 0.05) is 0 Å². The van der Waals surface area contributed by atoms with Crippen molar-refractivity contribution >= 4 is 35.1 Å². The number of rotatable bonds is 6. The van der Waals surface area contributed by atoms with E-state index in [4.69, 9.17) is 28.3 Å². The third kappa shape index (κ3) is 4.45. The molecule has 0 spiro atoms. The van der Waals surface area contributed by atoms with Gasteiger partial charge in [-0.15, -0.1) is 0 Å².